The summed E-state index contributed by atoms with van der Waals surface area (Å²) >= 11 is 3.20. The van der Waals surface area contributed by atoms with Crippen molar-refractivity contribution in [3.8, 4) is 0 Å². The second-order valence-electron chi connectivity index (χ2n) is 4.23. The average Bonchev–Trinajstić information content (AvgIpc) is 2.88. The lowest BCUT2D eigenvalue weighted by atomic mass is 10.1. The maximum atomic E-state index is 12.1. The van der Waals surface area contributed by atoms with E-state index in [1.165, 1.54) is 11.8 Å². The molecule has 0 atom stereocenters. The molecule has 0 saturated carbocycles. The van der Waals surface area contributed by atoms with Crippen molar-refractivity contribution in [3.63, 3.8) is 0 Å². The Labute approximate surface area is 118 Å². The molecule has 2 N–H and O–H groups in total. The van der Waals surface area contributed by atoms with E-state index in [0.717, 1.165) is 18.7 Å². The predicted octanol–water partition coefficient (Wildman–Crippen LogP) is 2.46. The van der Waals surface area contributed by atoms with E-state index in [9.17, 15) is 4.79 Å². The molecule has 96 valence electrons. The molecule has 1 aromatic heterocycles. The summed E-state index contributed by atoms with van der Waals surface area (Å²) in [7, 11) is 0. The van der Waals surface area contributed by atoms with Crippen LogP contribution in [-0.2, 0) is 6.42 Å². The fraction of sp³-hybridized carbons (Fsp3) is 0.154. The molecule has 1 aliphatic heterocycles. The van der Waals surface area contributed by atoms with E-state index >= 15 is 0 Å². The zero-order valence-corrected chi connectivity index (χ0v) is 11.6. The van der Waals surface area contributed by atoms with Crippen molar-refractivity contribution in [2.75, 3.05) is 17.2 Å². The third-order valence-electron chi connectivity index (χ3n) is 2.94. The van der Waals surface area contributed by atoms with E-state index in [0.29, 0.717) is 16.0 Å². The van der Waals surface area contributed by atoms with Crippen molar-refractivity contribution < 1.29 is 4.79 Å². The van der Waals surface area contributed by atoms with Gasteiger partial charge in [-0.05, 0) is 46.1 Å². The van der Waals surface area contributed by atoms with Crippen molar-refractivity contribution >= 4 is 33.3 Å². The molecule has 5 nitrogen and oxygen atoms in total. The highest BCUT2D eigenvalue weighted by Gasteiger charge is 2.13. The Balaban J connectivity index is 1.78. The summed E-state index contributed by atoms with van der Waals surface area (Å²) < 4.78 is 0.633. The van der Waals surface area contributed by atoms with E-state index < -0.39 is 0 Å². The molecule has 0 fully saturated rings. The van der Waals surface area contributed by atoms with Crippen LogP contribution in [0.15, 0.2) is 35.2 Å². The Morgan fingerprint density at radius 1 is 1.32 bits per heavy atom. The Bertz CT molecular complexity index is 627. The summed E-state index contributed by atoms with van der Waals surface area (Å²) in [6.07, 6.45) is 4.01. The number of fused-ring (bicyclic) bond motifs is 1. The Morgan fingerprint density at radius 2 is 2.21 bits per heavy atom. The van der Waals surface area contributed by atoms with Gasteiger partial charge in [-0.1, -0.05) is 0 Å². The minimum atomic E-state index is -0.175. The highest BCUT2D eigenvalue weighted by atomic mass is 79.9. The van der Waals surface area contributed by atoms with Gasteiger partial charge in [-0.25, -0.2) is 9.97 Å². The van der Waals surface area contributed by atoms with Crippen LogP contribution in [0.2, 0.25) is 0 Å². The SMILES string of the molecule is O=C(Nc1cnc(Br)cn1)c1ccc2c(c1)CCN2. The smallest absolute Gasteiger partial charge is 0.256 e. The third-order valence-corrected chi connectivity index (χ3v) is 3.35. The van der Waals surface area contributed by atoms with Crippen LogP contribution in [0.25, 0.3) is 0 Å². The first-order valence-electron chi connectivity index (χ1n) is 5.88. The van der Waals surface area contributed by atoms with Crippen LogP contribution in [-0.4, -0.2) is 22.4 Å². The maximum Gasteiger partial charge on any atom is 0.256 e. The number of halogens is 1. The van der Waals surface area contributed by atoms with Gasteiger partial charge >= 0.3 is 0 Å². The van der Waals surface area contributed by atoms with Crippen LogP contribution in [0.4, 0.5) is 11.5 Å². The van der Waals surface area contributed by atoms with E-state index in [1.54, 1.807) is 12.3 Å². The van der Waals surface area contributed by atoms with Gasteiger partial charge in [-0.15, -0.1) is 0 Å². The molecule has 3 rings (SSSR count). The number of carbonyl (C=O) groups is 1. The summed E-state index contributed by atoms with van der Waals surface area (Å²) in [6.45, 7) is 0.929. The van der Waals surface area contributed by atoms with Crippen LogP contribution >= 0.6 is 15.9 Å². The number of aromatic nitrogens is 2. The molecule has 1 amide bonds. The Hall–Kier alpha value is -1.95. The molecular formula is C13H11BrN4O. The van der Waals surface area contributed by atoms with Crippen molar-refractivity contribution in [3.05, 3.63) is 46.3 Å². The van der Waals surface area contributed by atoms with Crippen LogP contribution in [0.1, 0.15) is 15.9 Å². The van der Waals surface area contributed by atoms with E-state index in [-0.39, 0.29) is 5.91 Å². The first kappa shape index (κ1) is 12.1. The number of nitrogens with one attached hydrogen (secondary N) is 2. The van der Waals surface area contributed by atoms with Crippen molar-refractivity contribution in [1.82, 2.24) is 9.97 Å². The normalized spacial score (nSPS) is 12.7. The number of hydrogen-bond donors (Lipinski definition) is 2. The molecule has 0 radical (unpaired) electrons. The lowest BCUT2D eigenvalue weighted by molar-refractivity contribution is 0.102. The van der Waals surface area contributed by atoms with Crippen molar-refractivity contribution in [2.45, 2.75) is 6.42 Å². The topological polar surface area (TPSA) is 66.9 Å². The monoisotopic (exact) mass is 318 g/mol. The van der Waals surface area contributed by atoms with Crippen LogP contribution in [0.5, 0.6) is 0 Å². The quantitative estimate of drug-likeness (QED) is 0.892. The molecule has 0 aliphatic carbocycles. The largest absolute Gasteiger partial charge is 0.384 e. The number of benzene rings is 1. The lowest BCUT2D eigenvalue weighted by Gasteiger charge is -2.06. The molecule has 2 aromatic rings. The van der Waals surface area contributed by atoms with Crippen molar-refractivity contribution in [2.24, 2.45) is 0 Å². The average molecular weight is 319 g/mol. The minimum absolute atomic E-state index is 0.175. The van der Waals surface area contributed by atoms with Gasteiger partial charge in [0.25, 0.3) is 5.91 Å². The predicted molar refractivity (Wildman–Crippen MR) is 76.3 cm³/mol. The van der Waals surface area contributed by atoms with Gasteiger partial charge in [0.1, 0.15) is 4.60 Å². The van der Waals surface area contributed by atoms with E-state index in [4.69, 9.17) is 0 Å². The number of rotatable bonds is 2. The van der Waals surface area contributed by atoms with Crippen LogP contribution < -0.4 is 10.6 Å². The zero-order chi connectivity index (χ0) is 13.2. The molecule has 0 spiro atoms. The maximum absolute atomic E-state index is 12.1. The number of amides is 1. The summed E-state index contributed by atoms with van der Waals surface area (Å²) in [5, 5.41) is 5.99. The van der Waals surface area contributed by atoms with Gasteiger partial charge in [0.2, 0.25) is 0 Å². The number of carbonyl (C=O) groups excluding carboxylic acids is 1. The first-order chi connectivity index (χ1) is 9.22. The molecule has 2 heterocycles. The Morgan fingerprint density at radius 3 is 3.00 bits per heavy atom. The molecule has 6 heteroatoms. The second kappa shape index (κ2) is 4.97. The zero-order valence-electron chi connectivity index (χ0n) is 9.98. The second-order valence-corrected chi connectivity index (χ2v) is 5.04. The first-order valence-corrected chi connectivity index (χ1v) is 6.67. The highest BCUT2D eigenvalue weighted by Crippen LogP contribution is 2.23. The summed E-state index contributed by atoms with van der Waals surface area (Å²) in [4.78, 5) is 20.2. The van der Waals surface area contributed by atoms with Gasteiger partial charge < -0.3 is 10.6 Å². The molecule has 1 aliphatic rings. The highest BCUT2D eigenvalue weighted by molar-refractivity contribution is 9.10. The summed E-state index contributed by atoms with van der Waals surface area (Å²) in [5.74, 6) is 0.262. The number of anilines is 2. The third kappa shape index (κ3) is 2.58. The molecule has 19 heavy (non-hydrogen) atoms. The molecule has 0 saturated heterocycles. The van der Waals surface area contributed by atoms with Crippen molar-refractivity contribution in [1.29, 1.82) is 0 Å². The van der Waals surface area contributed by atoms with Gasteiger partial charge in [0, 0.05) is 17.8 Å². The van der Waals surface area contributed by atoms with E-state index in [2.05, 4.69) is 36.5 Å². The fourth-order valence-electron chi connectivity index (χ4n) is 2.01. The Kier molecular flexibility index (Phi) is 3.16. The molecular weight excluding hydrogens is 308 g/mol. The minimum Gasteiger partial charge on any atom is -0.384 e. The molecule has 1 aromatic carbocycles. The molecule has 0 unspecified atom stereocenters. The van der Waals surface area contributed by atoms with Gasteiger partial charge in [-0.3, -0.25) is 4.79 Å². The van der Waals surface area contributed by atoms with Crippen LogP contribution in [0.3, 0.4) is 0 Å². The fourth-order valence-corrected chi connectivity index (χ4v) is 2.22. The van der Waals surface area contributed by atoms with E-state index in [1.807, 2.05) is 12.1 Å². The van der Waals surface area contributed by atoms with Crippen LogP contribution in [0, 0.1) is 0 Å². The van der Waals surface area contributed by atoms with Gasteiger partial charge in [0.05, 0.1) is 12.4 Å². The summed E-state index contributed by atoms with van der Waals surface area (Å²) in [6, 6.07) is 5.65. The van der Waals surface area contributed by atoms with Gasteiger partial charge in [-0.2, -0.15) is 0 Å². The molecule has 0 bridgehead atoms. The summed E-state index contributed by atoms with van der Waals surface area (Å²) in [5.41, 5.74) is 2.92. The number of hydrogen-bond acceptors (Lipinski definition) is 4. The number of nitrogens with zero attached hydrogens (tertiary/aromatic N) is 2. The van der Waals surface area contributed by atoms with Gasteiger partial charge in [0.15, 0.2) is 5.82 Å². The standard InChI is InChI=1S/C13H11BrN4O/c14-11-6-17-12(7-16-11)18-13(19)9-1-2-10-8(5-9)3-4-15-10/h1-2,5-7,15H,3-4H2,(H,17,18,19). The lowest BCUT2D eigenvalue weighted by Crippen LogP contribution is -2.13.